The lowest BCUT2D eigenvalue weighted by Crippen LogP contribution is -2.04. The lowest BCUT2D eigenvalue weighted by Gasteiger charge is -2.03. The van der Waals surface area contributed by atoms with Gasteiger partial charge in [-0.2, -0.15) is 5.10 Å². The minimum absolute atomic E-state index is 0.520. The van der Waals surface area contributed by atoms with E-state index in [9.17, 15) is 4.79 Å². The van der Waals surface area contributed by atoms with E-state index in [1.165, 1.54) is 4.88 Å². The maximum absolute atomic E-state index is 11.1. The molecule has 0 saturated heterocycles. The van der Waals surface area contributed by atoms with Crippen LogP contribution in [0.1, 0.15) is 36.0 Å². The van der Waals surface area contributed by atoms with Crippen molar-refractivity contribution < 1.29 is 4.79 Å². The molecule has 0 aliphatic rings. The first-order valence-electron chi connectivity index (χ1n) is 6.25. The predicted molar refractivity (Wildman–Crippen MR) is 75.1 cm³/mol. The zero-order chi connectivity index (χ0) is 13.1. The highest BCUT2D eigenvalue weighted by Gasteiger charge is 2.13. The molecule has 0 N–H and O–H groups in total. The van der Waals surface area contributed by atoms with Crippen LogP contribution < -0.4 is 0 Å². The summed E-state index contributed by atoms with van der Waals surface area (Å²) in [5, 5.41) is 4.53. The van der Waals surface area contributed by atoms with Gasteiger partial charge in [-0.3, -0.25) is 9.48 Å². The maximum Gasteiger partial charge on any atom is 0.153 e. The molecule has 96 valence electrons. The van der Waals surface area contributed by atoms with Crippen LogP contribution >= 0.6 is 11.3 Å². The minimum atomic E-state index is 0.520. The fourth-order valence-electron chi connectivity index (χ4n) is 1.88. The van der Waals surface area contributed by atoms with Gasteiger partial charge in [0.2, 0.25) is 0 Å². The first kappa shape index (κ1) is 13.0. The Morgan fingerprint density at radius 3 is 2.78 bits per heavy atom. The van der Waals surface area contributed by atoms with Crippen LogP contribution in [0.15, 0.2) is 18.3 Å². The fourth-order valence-corrected chi connectivity index (χ4v) is 2.83. The molecule has 0 bridgehead atoms. The van der Waals surface area contributed by atoms with E-state index >= 15 is 0 Å². The largest absolute Gasteiger partial charge is 0.298 e. The second-order valence-electron chi connectivity index (χ2n) is 4.79. The summed E-state index contributed by atoms with van der Waals surface area (Å²) >= 11 is 1.71. The Bertz CT molecular complexity index is 540. The Labute approximate surface area is 111 Å². The van der Waals surface area contributed by atoms with E-state index in [-0.39, 0.29) is 0 Å². The van der Waals surface area contributed by atoms with E-state index in [4.69, 9.17) is 0 Å². The van der Waals surface area contributed by atoms with E-state index in [2.05, 4.69) is 38.0 Å². The van der Waals surface area contributed by atoms with Gasteiger partial charge in [-0.1, -0.05) is 20.8 Å². The van der Waals surface area contributed by atoms with Crippen molar-refractivity contribution in [1.82, 2.24) is 9.78 Å². The SMILES string of the molecule is CCc1ccc(-c2nn(CC(C)C)cc2C=O)s1. The zero-order valence-electron chi connectivity index (χ0n) is 11.0. The van der Waals surface area contributed by atoms with Crippen LogP contribution in [0.3, 0.4) is 0 Å². The van der Waals surface area contributed by atoms with E-state index in [0.29, 0.717) is 11.5 Å². The Hall–Kier alpha value is -1.42. The molecule has 0 unspecified atom stereocenters. The molecule has 0 fully saturated rings. The van der Waals surface area contributed by atoms with Crippen LogP contribution in [-0.2, 0) is 13.0 Å². The first-order valence-corrected chi connectivity index (χ1v) is 7.07. The second-order valence-corrected chi connectivity index (χ2v) is 5.95. The fraction of sp³-hybridized carbons (Fsp3) is 0.429. The molecule has 0 atom stereocenters. The van der Waals surface area contributed by atoms with Crippen molar-refractivity contribution >= 4 is 17.6 Å². The number of thiophene rings is 1. The van der Waals surface area contributed by atoms with Gasteiger partial charge in [-0.05, 0) is 24.5 Å². The van der Waals surface area contributed by atoms with Gasteiger partial charge in [0.1, 0.15) is 5.69 Å². The summed E-state index contributed by atoms with van der Waals surface area (Å²) in [5.41, 5.74) is 1.50. The van der Waals surface area contributed by atoms with Gasteiger partial charge >= 0.3 is 0 Å². The number of aromatic nitrogens is 2. The van der Waals surface area contributed by atoms with Crippen molar-refractivity contribution in [2.24, 2.45) is 5.92 Å². The Kier molecular flexibility index (Phi) is 3.97. The molecule has 18 heavy (non-hydrogen) atoms. The van der Waals surface area contributed by atoms with Crippen LogP contribution in [-0.4, -0.2) is 16.1 Å². The third-order valence-corrected chi connectivity index (χ3v) is 3.95. The van der Waals surface area contributed by atoms with Crippen molar-refractivity contribution in [2.45, 2.75) is 33.7 Å². The molecular weight excluding hydrogens is 244 g/mol. The normalized spacial score (nSPS) is 11.1. The van der Waals surface area contributed by atoms with Crippen LogP contribution in [0.2, 0.25) is 0 Å². The number of hydrogen-bond donors (Lipinski definition) is 0. The summed E-state index contributed by atoms with van der Waals surface area (Å²) in [6.07, 6.45) is 3.76. The Morgan fingerprint density at radius 2 is 2.22 bits per heavy atom. The van der Waals surface area contributed by atoms with Gasteiger partial charge in [-0.25, -0.2) is 0 Å². The quantitative estimate of drug-likeness (QED) is 0.771. The summed E-state index contributed by atoms with van der Waals surface area (Å²) in [4.78, 5) is 13.5. The molecule has 0 spiro atoms. The average Bonchev–Trinajstić information content (AvgIpc) is 2.93. The van der Waals surface area contributed by atoms with Gasteiger partial charge in [0.15, 0.2) is 6.29 Å². The molecule has 3 nitrogen and oxygen atoms in total. The van der Waals surface area contributed by atoms with Gasteiger partial charge < -0.3 is 0 Å². The maximum atomic E-state index is 11.1. The van der Waals surface area contributed by atoms with Gasteiger partial charge in [0, 0.05) is 17.6 Å². The van der Waals surface area contributed by atoms with Crippen LogP contribution in [0.5, 0.6) is 0 Å². The minimum Gasteiger partial charge on any atom is -0.298 e. The summed E-state index contributed by atoms with van der Waals surface area (Å²) in [5.74, 6) is 0.520. The van der Waals surface area contributed by atoms with Crippen molar-refractivity contribution in [3.8, 4) is 10.6 Å². The van der Waals surface area contributed by atoms with Crippen LogP contribution in [0, 0.1) is 5.92 Å². The van der Waals surface area contributed by atoms with E-state index in [1.807, 2.05) is 10.9 Å². The number of carbonyl (C=O) groups excluding carboxylic acids is 1. The lowest BCUT2D eigenvalue weighted by atomic mass is 10.2. The standard InChI is InChI=1S/C14H18N2OS/c1-4-12-5-6-13(18-12)14-11(9-17)8-16(15-14)7-10(2)3/h5-6,8-10H,4,7H2,1-3H3. The van der Waals surface area contributed by atoms with Crippen LogP contribution in [0.4, 0.5) is 0 Å². The molecule has 0 aliphatic heterocycles. The van der Waals surface area contributed by atoms with Crippen molar-refractivity contribution in [3.05, 3.63) is 28.8 Å². The molecule has 2 heterocycles. The van der Waals surface area contributed by atoms with Gasteiger partial charge in [-0.15, -0.1) is 11.3 Å². The van der Waals surface area contributed by atoms with E-state index in [0.717, 1.165) is 29.8 Å². The Morgan fingerprint density at radius 1 is 1.44 bits per heavy atom. The van der Waals surface area contributed by atoms with Gasteiger partial charge in [0.25, 0.3) is 0 Å². The molecule has 0 radical (unpaired) electrons. The molecule has 0 amide bonds. The smallest absolute Gasteiger partial charge is 0.153 e. The monoisotopic (exact) mass is 262 g/mol. The van der Waals surface area contributed by atoms with E-state index < -0.39 is 0 Å². The molecule has 2 aromatic heterocycles. The van der Waals surface area contributed by atoms with Crippen molar-refractivity contribution in [2.75, 3.05) is 0 Å². The van der Waals surface area contributed by atoms with E-state index in [1.54, 1.807) is 11.3 Å². The third-order valence-electron chi connectivity index (χ3n) is 2.71. The average molecular weight is 262 g/mol. The van der Waals surface area contributed by atoms with Gasteiger partial charge in [0.05, 0.1) is 10.4 Å². The predicted octanol–water partition coefficient (Wildman–Crippen LogP) is 3.64. The molecule has 2 rings (SSSR count). The molecule has 4 heteroatoms. The van der Waals surface area contributed by atoms with Crippen LogP contribution in [0.25, 0.3) is 10.6 Å². The highest BCUT2D eigenvalue weighted by molar-refractivity contribution is 7.15. The molecule has 0 aromatic carbocycles. The summed E-state index contributed by atoms with van der Waals surface area (Å²) in [6.45, 7) is 7.25. The van der Waals surface area contributed by atoms with Crippen molar-refractivity contribution in [3.63, 3.8) is 0 Å². The summed E-state index contributed by atoms with van der Waals surface area (Å²) in [7, 11) is 0. The number of hydrogen-bond acceptors (Lipinski definition) is 3. The summed E-state index contributed by atoms with van der Waals surface area (Å²) < 4.78 is 1.87. The zero-order valence-corrected chi connectivity index (χ0v) is 11.8. The number of carbonyl (C=O) groups is 1. The topological polar surface area (TPSA) is 34.9 Å². The molecular formula is C14H18N2OS. The molecule has 0 saturated carbocycles. The highest BCUT2D eigenvalue weighted by atomic mass is 32.1. The highest BCUT2D eigenvalue weighted by Crippen LogP contribution is 2.29. The van der Waals surface area contributed by atoms with Crippen molar-refractivity contribution in [1.29, 1.82) is 0 Å². The first-order chi connectivity index (χ1) is 8.63. The number of aldehydes is 1. The summed E-state index contributed by atoms with van der Waals surface area (Å²) in [6, 6.07) is 4.16. The Balaban J connectivity index is 2.36. The lowest BCUT2D eigenvalue weighted by molar-refractivity contribution is 0.112. The molecule has 2 aromatic rings. The number of nitrogens with zero attached hydrogens (tertiary/aromatic N) is 2. The third kappa shape index (κ3) is 2.70. The second kappa shape index (κ2) is 5.48. The molecule has 0 aliphatic carbocycles. The number of aryl methyl sites for hydroxylation is 1. The number of rotatable bonds is 5.